The number of carbonyl (C=O) groups is 4. The number of amides is 1. The van der Waals surface area contributed by atoms with Crippen LogP contribution in [-0.2, 0) is 23.9 Å². The van der Waals surface area contributed by atoms with Gasteiger partial charge in [0.05, 0.1) is 6.42 Å². The van der Waals surface area contributed by atoms with Crippen molar-refractivity contribution in [2.45, 2.75) is 104 Å². The second kappa shape index (κ2) is 10.2. The summed E-state index contributed by atoms with van der Waals surface area (Å²) in [6.07, 6.45) is 7.82. The lowest BCUT2D eigenvalue weighted by atomic mass is 9.47. The molecule has 1 amide bonds. The summed E-state index contributed by atoms with van der Waals surface area (Å²) in [6.45, 7) is 7.75. The number of ketones is 1. The van der Waals surface area contributed by atoms with Gasteiger partial charge in [-0.2, -0.15) is 0 Å². The number of carboxylic acids is 1. The van der Waals surface area contributed by atoms with E-state index in [-0.39, 0.29) is 54.0 Å². The number of nitrogens with one attached hydrogen (secondary N) is 1. The van der Waals surface area contributed by atoms with E-state index in [1.165, 1.54) is 5.57 Å². The Morgan fingerprint density at radius 1 is 1.08 bits per heavy atom. The summed E-state index contributed by atoms with van der Waals surface area (Å²) in [5.41, 5.74) is 0.385. The maximum Gasteiger partial charge on any atom is 0.333 e. The lowest BCUT2D eigenvalue weighted by Crippen LogP contribution is -2.51. The number of aliphatic carboxylic acids is 1. The zero-order chi connectivity index (χ0) is 27.2. The predicted octanol–water partition coefficient (Wildman–Crippen LogP) is 3.80. The maximum absolute atomic E-state index is 12.7. The molecule has 3 fully saturated rings. The molecule has 3 N–H and O–H groups in total. The molecule has 4 rings (SSSR count). The highest BCUT2D eigenvalue weighted by atomic mass is 16.5. The van der Waals surface area contributed by atoms with Gasteiger partial charge in [-0.3, -0.25) is 14.4 Å². The number of aliphatic hydroxyl groups is 1. The Bertz CT molecular complexity index is 987. The quantitative estimate of drug-likeness (QED) is 0.418. The summed E-state index contributed by atoms with van der Waals surface area (Å²) < 4.78 is 5.98. The molecule has 7 atom stereocenters. The third-order valence-corrected chi connectivity index (χ3v) is 10.4. The Balaban J connectivity index is 1.30. The van der Waals surface area contributed by atoms with Gasteiger partial charge < -0.3 is 20.3 Å². The molecule has 4 aliphatic rings. The van der Waals surface area contributed by atoms with Crippen LogP contribution in [0.3, 0.4) is 0 Å². The monoisotopic (exact) mass is 517 g/mol. The molecule has 0 aromatic carbocycles. The van der Waals surface area contributed by atoms with E-state index < -0.39 is 17.5 Å². The molecule has 206 valence electrons. The van der Waals surface area contributed by atoms with E-state index in [2.05, 4.69) is 19.2 Å². The molecule has 0 radical (unpaired) electrons. The summed E-state index contributed by atoms with van der Waals surface area (Å²) in [6, 6.07) is 0. The van der Waals surface area contributed by atoms with Crippen LogP contribution in [0.15, 0.2) is 11.6 Å². The van der Waals surface area contributed by atoms with Gasteiger partial charge in [-0.25, -0.2) is 4.79 Å². The fraction of sp³-hybridized carbons (Fsp3) is 0.793. The van der Waals surface area contributed by atoms with E-state index in [0.717, 1.165) is 44.9 Å². The van der Waals surface area contributed by atoms with Crippen molar-refractivity contribution in [2.75, 3.05) is 6.54 Å². The van der Waals surface area contributed by atoms with Crippen LogP contribution in [0.25, 0.3) is 0 Å². The molecule has 0 bridgehead atoms. The highest BCUT2D eigenvalue weighted by molar-refractivity contribution is 5.91. The molecule has 0 saturated heterocycles. The fourth-order valence-corrected chi connectivity index (χ4v) is 7.98. The normalized spacial score (nSPS) is 35.9. The number of allylic oxidation sites excluding steroid dienone is 1. The Morgan fingerprint density at radius 2 is 1.81 bits per heavy atom. The Kier molecular flexibility index (Phi) is 7.63. The van der Waals surface area contributed by atoms with Gasteiger partial charge in [-0.1, -0.05) is 33.3 Å². The van der Waals surface area contributed by atoms with Crippen molar-refractivity contribution in [2.24, 2.45) is 34.0 Å². The maximum atomic E-state index is 12.7. The number of fused-ring (bicyclic) bond motifs is 5. The number of carbonyl (C=O) groups excluding carboxylic acids is 3. The molecular formula is C29H43NO7. The minimum Gasteiger partial charge on any atom is -0.479 e. The van der Waals surface area contributed by atoms with Gasteiger partial charge in [0.25, 0.3) is 0 Å². The van der Waals surface area contributed by atoms with Crippen molar-refractivity contribution in [1.29, 1.82) is 0 Å². The first-order chi connectivity index (χ1) is 17.3. The number of rotatable bonds is 8. The highest BCUT2D eigenvalue weighted by Crippen LogP contribution is 2.65. The summed E-state index contributed by atoms with van der Waals surface area (Å²) in [5, 5.41) is 21.4. The molecule has 7 unspecified atom stereocenters. The largest absolute Gasteiger partial charge is 0.479 e. The molecule has 0 heterocycles. The summed E-state index contributed by atoms with van der Waals surface area (Å²) in [5.74, 6) is -0.132. The van der Waals surface area contributed by atoms with Crippen LogP contribution in [-0.4, -0.2) is 52.6 Å². The van der Waals surface area contributed by atoms with E-state index >= 15 is 0 Å². The van der Waals surface area contributed by atoms with Gasteiger partial charge in [0.15, 0.2) is 11.9 Å². The van der Waals surface area contributed by atoms with E-state index in [4.69, 9.17) is 9.84 Å². The fourth-order valence-electron chi connectivity index (χ4n) is 7.98. The van der Waals surface area contributed by atoms with Crippen LogP contribution in [0.4, 0.5) is 0 Å². The van der Waals surface area contributed by atoms with Crippen LogP contribution in [0.1, 0.15) is 91.9 Å². The molecule has 37 heavy (non-hydrogen) atoms. The number of esters is 1. The number of aliphatic hydroxyl groups excluding tert-OH is 1. The summed E-state index contributed by atoms with van der Waals surface area (Å²) in [7, 11) is 0. The Hall–Kier alpha value is -2.22. The van der Waals surface area contributed by atoms with Gasteiger partial charge in [-0.15, -0.1) is 0 Å². The smallest absolute Gasteiger partial charge is 0.333 e. The first kappa shape index (κ1) is 27.8. The second-order valence-corrected chi connectivity index (χ2v) is 13.1. The van der Waals surface area contributed by atoms with E-state index in [1.807, 2.05) is 6.08 Å². The minimum absolute atomic E-state index is 0.0107. The molecule has 3 saturated carbocycles. The molecule has 0 aliphatic heterocycles. The Morgan fingerprint density at radius 3 is 2.51 bits per heavy atom. The highest BCUT2D eigenvalue weighted by Gasteiger charge is 2.60. The van der Waals surface area contributed by atoms with Gasteiger partial charge >= 0.3 is 11.9 Å². The van der Waals surface area contributed by atoms with Crippen molar-refractivity contribution in [1.82, 2.24) is 5.32 Å². The van der Waals surface area contributed by atoms with Crippen LogP contribution in [0, 0.1) is 34.0 Å². The molecule has 0 spiro atoms. The van der Waals surface area contributed by atoms with Crippen LogP contribution in [0.5, 0.6) is 0 Å². The van der Waals surface area contributed by atoms with Crippen LogP contribution < -0.4 is 5.32 Å². The third kappa shape index (κ3) is 5.23. The van der Waals surface area contributed by atoms with Gasteiger partial charge in [0, 0.05) is 30.2 Å². The van der Waals surface area contributed by atoms with Crippen molar-refractivity contribution in [3.05, 3.63) is 11.6 Å². The topological polar surface area (TPSA) is 130 Å². The van der Waals surface area contributed by atoms with Crippen molar-refractivity contribution in [3.8, 4) is 0 Å². The molecule has 8 nitrogen and oxygen atoms in total. The van der Waals surface area contributed by atoms with Crippen molar-refractivity contribution < 1.29 is 34.1 Å². The Labute approximate surface area is 219 Å². The zero-order valence-electron chi connectivity index (χ0n) is 22.7. The average molecular weight is 518 g/mol. The number of carboxylic acid groups (broad SMARTS) is 1. The van der Waals surface area contributed by atoms with Crippen LogP contribution in [0.2, 0.25) is 0 Å². The average Bonchev–Trinajstić information content (AvgIpc) is 3.17. The van der Waals surface area contributed by atoms with Crippen LogP contribution >= 0.6 is 0 Å². The van der Waals surface area contributed by atoms with E-state index in [0.29, 0.717) is 24.2 Å². The first-order valence-electron chi connectivity index (χ1n) is 13.9. The van der Waals surface area contributed by atoms with E-state index in [9.17, 15) is 24.3 Å². The van der Waals surface area contributed by atoms with Crippen molar-refractivity contribution in [3.63, 3.8) is 0 Å². The van der Waals surface area contributed by atoms with Gasteiger partial charge in [0.2, 0.25) is 5.91 Å². The van der Waals surface area contributed by atoms with Gasteiger partial charge in [0.1, 0.15) is 6.10 Å². The predicted molar refractivity (Wildman–Crippen MR) is 136 cm³/mol. The van der Waals surface area contributed by atoms with E-state index in [1.54, 1.807) is 13.8 Å². The van der Waals surface area contributed by atoms with Gasteiger partial charge in [-0.05, 0) is 74.2 Å². The second-order valence-electron chi connectivity index (χ2n) is 13.1. The molecular weight excluding hydrogens is 474 g/mol. The first-order valence-corrected chi connectivity index (χ1v) is 13.9. The molecule has 0 aromatic rings. The molecule has 0 aromatic heterocycles. The lowest BCUT2D eigenvalue weighted by molar-refractivity contribution is -0.160. The molecule has 8 heteroatoms. The standard InChI is InChI=1S/C29H43NO7/c1-27(2,25(34)26(35)36)16-30-23(32)9-10-24(33)37-22-8-7-20-19-6-5-17-15-18(31)11-13-28(17,3)21(19)12-14-29(20,22)4/h15,19-22,25,34H,5-14,16H2,1-4H3,(H,30,32)(H,35,36). The SMILES string of the molecule is CC(C)(CNC(=O)CCC(=O)OC1CCC2C3CCC4=CC(=O)CCC4(C)C3CCC12C)C(O)C(=O)O. The number of hydrogen-bond acceptors (Lipinski definition) is 6. The zero-order valence-corrected chi connectivity index (χ0v) is 22.7. The minimum atomic E-state index is -1.60. The van der Waals surface area contributed by atoms with Crippen molar-refractivity contribution >= 4 is 23.6 Å². The summed E-state index contributed by atoms with van der Waals surface area (Å²) in [4.78, 5) is 48.0. The molecule has 4 aliphatic carbocycles. The number of hydrogen-bond donors (Lipinski definition) is 3. The third-order valence-electron chi connectivity index (χ3n) is 10.4. The number of ether oxygens (including phenoxy) is 1. The lowest BCUT2D eigenvalue weighted by Gasteiger charge is -2.57. The summed E-state index contributed by atoms with van der Waals surface area (Å²) >= 11 is 0.